The van der Waals surface area contributed by atoms with E-state index in [-0.39, 0.29) is 24.6 Å². The SMILES string of the molecule is COC(=O)CCC(=O)NCc1cccc(-c2ncc(-c3ccc(F)cc3)[nH]2)c1. The average molecular weight is 381 g/mol. The zero-order valence-electron chi connectivity index (χ0n) is 15.4. The van der Waals surface area contributed by atoms with E-state index < -0.39 is 5.97 Å². The van der Waals surface area contributed by atoms with Crippen molar-refractivity contribution < 1.29 is 18.7 Å². The highest BCUT2D eigenvalue weighted by atomic mass is 19.1. The van der Waals surface area contributed by atoms with Crippen molar-refractivity contribution in [3.8, 4) is 22.6 Å². The molecule has 0 aliphatic rings. The molecule has 0 aliphatic carbocycles. The van der Waals surface area contributed by atoms with Crippen molar-refractivity contribution in [1.82, 2.24) is 15.3 Å². The number of imidazole rings is 1. The zero-order valence-corrected chi connectivity index (χ0v) is 15.4. The number of carbonyl (C=O) groups is 2. The van der Waals surface area contributed by atoms with Crippen molar-refractivity contribution >= 4 is 11.9 Å². The lowest BCUT2D eigenvalue weighted by molar-refractivity contribution is -0.142. The van der Waals surface area contributed by atoms with Crippen molar-refractivity contribution in [2.24, 2.45) is 0 Å². The van der Waals surface area contributed by atoms with Gasteiger partial charge in [-0.2, -0.15) is 0 Å². The van der Waals surface area contributed by atoms with Crippen LogP contribution >= 0.6 is 0 Å². The van der Waals surface area contributed by atoms with Crippen LogP contribution in [0.5, 0.6) is 0 Å². The Morgan fingerprint density at radius 3 is 2.64 bits per heavy atom. The predicted octanol–water partition coefficient (Wildman–Crippen LogP) is 3.45. The number of nitrogens with one attached hydrogen (secondary N) is 2. The molecule has 0 atom stereocenters. The van der Waals surface area contributed by atoms with Gasteiger partial charge in [-0.1, -0.05) is 18.2 Å². The van der Waals surface area contributed by atoms with Crippen LogP contribution in [0.2, 0.25) is 0 Å². The number of nitrogens with zero attached hydrogens (tertiary/aromatic N) is 1. The second-order valence-electron chi connectivity index (χ2n) is 6.21. The summed E-state index contributed by atoms with van der Waals surface area (Å²) in [7, 11) is 1.29. The number of benzene rings is 2. The van der Waals surface area contributed by atoms with Gasteiger partial charge in [0, 0.05) is 18.5 Å². The number of amides is 1. The Balaban J connectivity index is 1.64. The number of halogens is 1. The number of H-pyrrole nitrogens is 1. The first-order valence-electron chi connectivity index (χ1n) is 8.79. The fourth-order valence-electron chi connectivity index (χ4n) is 2.68. The van der Waals surface area contributed by atoms with Crippen molar-refractivity contribution in [2.75, 3.05) is 7.11 Å². The predicted molar refractivity (Wildman–Crippen MR) is 103 cm³/mol. The molecule has 3 rings (SSSR count). The number of methoxy groups -OCH3 is 1. The van der Waals surface area contributed by atoms with Gasteiger partial charge in [0.25, 0.3) is 0 Å². The third kappa shape index (κ3) is 5.03. The van der Waals surface area contributed by atoms with Crippen LogP contribution in [0.15, 0.2) is 54.7 Å². The first-order chi connectivity index (χ1) is 13.5. The van der Waals surface area contributed by atoms with Crippen LogP contribution in [0.3, 0.4) is 0 Å². The van der Waals surface area contributed by atoms with E-state index in [0.29, 0.717) is 12.4 Å². The summed E-state index contributed by atoms with van der Waals surface area (Å²) in [4.78, 5) is 30.5. The molecule has 0 bridgehead atoms. The van der Waals surface area contributed by atoms with Crippen LogP contribution in [0.25, 0.3) is 22.6 Å². The van der Waals surface area contributed by atoms with Gasteiger partial charge >= 0.3 is 5.97 Å². The van der Waals surface area contributed by atoms with Crippen molar-refractivity contribution in [3.05, 3.63) is 66.1 Å². The summed E-state index contributed by atoms with van der Waals surface area (Å²) >= 11 is 0. The molecule has 0 saturated heterocycles. The minimum absolute atomic E-state index is 0.0565. The molecular formula is C21H20FN3O3. The quantitative estimate of drug-likeness (QED) is 0.614. The summed E-state index contributed by atoms with van der Waals surface area (Å²) in [6, 6.07) is 13.8. The van der Waals surface area contributed by atoms with Gasteiger partial charge in [0.05, 0.1) is 25.4 Å². The van der Waals surface area contributed by atoms with E-state index >= 15 is 0 Å². The molecule has 0 aliphatic heterocycles. The second-order valence-corrected chi connectivity index (χ2v) is 6.21. The zero-order chi connectivity index (χ0) is 19.9. The van der Waals surface area contributed by atoms with Gasteiger partial charge in [-0.25, -0.2) is 9.37 Å². The average Bonchev–Trinajstić information content (AvgIpc) is 3.21. The second kappa shape index (κ2) is 8.94. The largest absolute Gasteiger partial charge is 0.469 e. The molecule has 28 heavy (non-hydrogen) atoms. The summed E-state index contributed by atoms with van der Waals surface area (Å²) in [5.74, 6) is -0.234. The molecule has 0 unspecified atom stereocenters. The lowest BCUT2D eigenvalue weighted by Gasteiger charge is -2.06. The minimum Gasteiger partial charge on any atom is -0.469 e. The lowest BCUT2D eigenvalue weighted by Crippen LogP contribution is -2.23. The van der Waals surface area contributed by atoms with Crippen LogP contribution in [0.1, 0.15) is 18.4 Å². The van der Waals surface area contributed by atoms with Gasteiger partial charge in [0.15, 0.2) is 0 Å². The number of hydrogen-bond acceptors (Lipinski definition) is 4. The third-order valence-corrected chi connectivity index (χ3v) is 4.21. The minimum atomic E-state index is -0.410. The number of rotatable bonds is 7. The Hall–Kier alpha value is -3.48. The molecule has 3 aromatic rings. The molecule has 2 aromatic carbocycles. The molecule has 7 heteroatoms. The fraction of sp³-hybridized carbons (Fsp3) is 0.190. The Bertz CT molecular complexity index is 967. The van der Waals surface area contributed by atoms with E-state index in [2.05, 4.69) is 20.0 Å². The van der Waals surface area contributed by atoms with Gasteiger partial charge in [-0.3, -0.25) is 9.59 Å². The van der Waals surface area contributed by atoms with Gasteiger partial charge in [-0.05, 0) is 41.5 Å². The van der Waals surface area contributed by atoms with Gasteiger partial charge < -0.3 is 15.0 Å². The van der Waals surface area contributed by atoms with E-state index in [9.17, 15) is 14.0 Å². The Labute approximate surface area is 161 Å². The smallest absolute Gasteiger partial charge is 0.306 e. The maximum atomic E-state index is 13.1. The summed E-state index contributed by atoms with van der Waals surface area (Å²) in [5.41, 5.74) is 3.41. The topological polar surface area (TPSA) is 84.1 Å². The van der Waals surface area contributed by atoms with Gasteiger partial charge in [0.2, 0.25) is 5.91 Å². The first kappa shape index (κ1) is 19.3. The van der Waals surface area contributed by atoms with Crippen LogP contribution in [-0.4, -0.2) is 29.0 Å². The first-order valence-corrected chi connectivity index (χ1v) is 8.79. The molecule has 0 spiro atoms. The van der Waals surface area contributed by atoms with Crippen molar-refractivity contribution in [3.63, 3.8) is 0 Å². The number of ether oxygens (including phenoxy) is 1. The van der Waals surface area contributed by atoms with Gasteiger partial charge in [-0.15, -0.1) is 0 Å². The Kier molecular flexibility index (Phi) is 6.16. The van der Waals surface area contributed by atoms with E-state index in [1.165, 1.54) is 19.2 Å². The molecule has 1 aromatic heterocycles. The number of hydrogen-bond donors (Lipinski definition) is 2. The van der Waals surface area contributed by atoms with Crippen LogP contribution in [0.4, 0.5) is 4.39 Å². The van der Waals surface area contributed by atoms with Crippen LogP contribution < -0.4 is 5.32 Å². The molecule has 0 radical (unpaired) electrons. The highest BCUT2D eigenvalue weighted by molar-refractivity contribution is 5.81. The summed E-state index contributed by atoms with van der Waals surface area (Å²) < 4.78 is 17.6. The summed E-state index contributed by atoms with van der Waals surface area (Å²) in [6.07, 6.45) is 1.84. The lowest BCUT2D eigenvalue weighted by atomic mass is 10.1. The van der Waals surface area contributed by atoms with Gasteiger partial charge in [0.1, 0.15) is 11.6 Å². The number of aromatic amines is 1. The van der Waals surface area contributed by atoms with Crippen LogP contribution in [0, 0.1) is 5.82 Å². The number of carbonyl (C=O) groups excluding carboxylic acids is 2. The molecule has 1 heterocycles. The van der Waals surface area contributed by atoms with Crippen molar-refractivity contribution in [1.29, 1.82) is 0 Å². The van der Waals surface area contributed by atoms with E-state index in [1.807, 2.05) is 24.3 Å². The third-order valence-electron chi connectivity index (χ3n) is 4.21. The molecule has 1 amide bonds. The highest BCUT2D eigenvalue weighted by Crippen LogP contribution is 2.23. The Morgan fingerprint density at radius 1 is 1.11 bits per heavy atom. The monoisotopic (exact) mass is 381 g/mol. The molecule has 0 fully saturated rings. The molecular weight excluding hydrogens is 361 g/mol. The molecule has 6 nitrogen and oxygen atoms in total. The molecule has 2 N–H and O–H groups in total. The molecule has 144 valence electrons. The maximum absolute atomic E-state index is 13.1. The van der Waals surface area contributed by atoms with Crippen LogP contribution in [-0.2, 0) is 20.9 Å². The highest BCUT2D eigenvalue weighted by Gasteiger charge is 2.09. The van der Waals surface area contributed by atoms with E-state index in [1.54, 1.807) is 18.3 Å². The molecule has 0 saturated carbocycles. The van der Waals surface area contributed by atoms with E-state index in [4.69, 9.17) is 0 Å². The summed E-state index contributed by atoms with van der Waals surface area (Å²) in [6.45, 7) is 0.347. The fourth-order valence-corrected chi connectivity index (χ4v) is 2.68. The normalized spacial score (nSPS) is 10.5. The van der Waals surface area contributed by atoms with Crippen molar-refractivity contribution in [2.45, 2.75) is 19.4 Å². The maximum Gasteiger partial charge on any atom is 0.306 e. The Morgan fingerprint density at radius 2 is 1.89 bits per heavy atom. The summed E-state index contributed by atoms with van der Waals surface area (Å²) in [5, 5.41) is 2.78. The van der Waals surface area contributed by atoms with E-state index in [0.717, 1.165) is 22.4 Å². The number of esters is 1. The number of aromatic nitrogens is 2. The standard InChI is InChI=1S/C21H20FN3O3/c1-28-20(27)10-9-19(26)23-12-14-3-2-4-16(11-14)21-24-13-18(25-21)15-5-7-17(22)8-6-15/h2-8,11,13H,9-10,12H2,1H3,(H,23,26)(H,24,25).